The number of nitrogens with zero attached hydrogens (tertiary/aromatic N) is 2. The summed E-state index contributed by atoms with van der Waals surface area (Å²) >= 11 is 5.63. The van der Waals surface area contributed by atoms with Gasteiger partial charge in [0.15, 0.2) is 5.03 Å². The van der Waals surface area contributed by atoms with Gasteiger partial charge in [0, 0.05) is 16.8 Å². The number of primary sulfonamides is 1. The Morgan fingerprint density at radius 3 is 2.72 bits per heavy atom. The van der Waals surface area contributed by atoms with Crippen LogP contribution in [0.1, 0.15) is 5.56 Å². The fourth-order valence-corrected chi connectivity index (χ4v) is 2.05. The van der Waals surface area contributed by atoms with Crippen LogP contribution >= 0.6 is 11.6 Å². The average molecular weight is 290 g/mol. The van der Waals surface area contributed by atoms with Crippen LogP contribution in [0, 0.1) is 5.82 Å². The number of hydrogen-bond donors (Lipinski definition) is 1. The van der Waals surface area contributed by atoms with Gasteiger partial charge in [0.2, 0.25) is 0 Å². The Balaban J connectivity index is 2.27. The first-order valence-corrected chi connectivity index (χ1v) is 6.77. The quantitative estimate of drug-likeness (QED) is 0.927. The zero-order valence-electron chi connectivity index (χ0n) is 9.05. The highest BCUT2D eigenvalue weighted by atomic mass is 35.5. The lowest BCUT2D eigenvalue weighted by atomic mass is 10.2. The van der Waals surface area contributed by atoms with E-state index in [1.54, 1.807) is 6.07 Å². The summed E-state index contributed by atoms with van der Waals surface area (Å²) in [5, 5.41) is 4.96. The molecular weight excluding hydrogens is 281 g/mol. The van der Waals surface area contributed by atoms with Crippen molar-refractivity contribution in [1.82, 2.24) is 9.55 Å². The van der Waals surface area contributed by atoms with Crippen LogP contribution in [0.15, 0.2) is 35.7 Å². The monoisotopic (exact) mass is 289 g/mol. The van der Waals surface area contributed by atoms with E-state index >= 15 is 0 Å². The lowest BCUT2D eigenvalue weighted by molar-refractivity contribution is 0.594. The average Bonchev–Trinajstić information content (AvgIpc) is 2.70. The smallest absolute Gasteiger partial charge is 0.257 e. The van der Waals surface area contributed by atoms with Gasteiger partial charge in [-0.3, -0.25) is 0 Å². The van der Waals surface area contributed by atoms with Gasteiger partial charge in [-0.2, -0.15) is 0 Å². The molecule has 0 saturated heterocycles. The second-order valence-electron chi connectivity index (χ2n) is 3.66. The van der Waals surface area contributed by atoms with Gasteiger partial charge in [-0.15, -0.1) is 0 Å². The van der Waals surface area contributed by atoms with E-state index in [0.29, 0.717) is 10.6 Å². The fourth-order valence-electron chi connectivity index (χ4n) is 1.42. The van der Waals surface area contributed by atoms with Gasteiger partial charge >= 0.3 is 0 Å². The van der Waals surface area contributed by atoms with Crippen LogP contribution in [0.4, 0.5) is 4.39 Å². The number of nitrogens with two attached hydrogens (primary N) is 1. The molecule has 0 saturated carbocycles. The first-order valence-electron chi connectivity index (χ1n) is 4.85. The first kappa shape index (κ1) is 13.0. The van der Waals surface area contributed by atoms with Crippen LogP contribution < -0.4 is 5.14 Å². The van der Waals surface area contributed by atoms with Crippen LogP contribution in [-0.4, -0.2) is 18.0 Å². The Labute approximate surface area is 108 Å². The molecule has 5 nitrogen and oxygen atoms in total. The third-order valence-corrected chi connectivity index (χ3v) is 3.30. The minimum absolute atomic E-state index is 0.144. The predicted molar refractivity (Wildman–Crippen MR) is 64.1 cm³/mol. The molecule has 1 heterocycles. The molecule has 2 rings (SSSR count). The van der Waals surface area contributed by atoms with Gasteiger partial charge in [0.25, 0.3) is 10.0 Å². The topological polar surface area (TPSA) is 78.0 Å². The molecule has 0 aliphatic heterocycles. The maximum absolute atomic E-state index is 13.5. The Hall–Kier alpha value is -1.44. The van der Waals surface area contributed by atoms with E-state index in [1.807, 2.05) is 0 Å². The molecule has 0 aliphatic carbocycles. The fraction of sp³-hybridized carbons (Fsp3) is 0.100. The van der Waals surface area contributed by atoms with Crippen molar-refractivity contribution in [2.45, 2.75) is 11.6 Å². The lowest BCUT2D eigenvalue weighted by Gasteiger charge is -2.04. The highest BCUT2D eigenvalue weighted by Crippen LogP contribution is 2.16. The van der Waals surface area contributed by atoms with Crippen molar-refractivity contribution in [2.75, 3.05) is 0 Å². The van der Waals surface area contributed by atoms with Gasteiger partial charge < -0.3 is 4.57 Å². The van der Waals surface area contributed by atoms with Gasteiger partial charge in [0.1, 0.15) is 5.82 Å². The van der Waals surface area contributed by atoms with E-state index in [0.717, 1.165) is 0 Å². The van der Waals surface area contributed by atoms with Crippen molar-refractivity contribution >= 4 is 21.6 Å². The molecule has 0 radical (unpaired) electrons. The first-order chi connectivity index (χ1) is 8.36. The summed E-state index contributed by atoms with van der Waals surface area (Å²) < 4.78 is 37.0. The van der Waals surface area contributed by atoms with Crippen LogP contribution in [0.25, 0.3) is 0 Å². The number of rotatable bonds is 3. The van der Waals surface area contributed by atoms with Gasteiger partial charge in [-0.25, -0.2) is 22.9 Å². The molecule has 18 heavy (non-hydrogen) atoms. The minimum atomic E-state index is -3.84. The van der Waals surface area contributed by atoms with Crippen LogP contribution in [0.2, 0.25) is 5.02 Å². The normalized spacial score (nSPS) is 11.7. The van der Waals surface area contributed by atoms with Crippen LogP contribution in [0.5, 0.6) is 0 Å². The molecule has 0 spiro atoms. The molecule has 0 amide bonds. The molecule has 0 aliphatic rings. The van der Waals surface area contributed by atoms with Gasteiger partial charge in [-0.05, 0) is 12.1 Å². The Bertz CT molecular complexity index is 684. The van der Waals surface area contributed by atoms with Crippen molar-refractivity contribution < 1.29 is 12.8 Å². The summed E-state index contributed by atoms with van der Waals surface area (Å²) in [4.78, 5) is 3.63. The van der Waals surface area contributed by atoms with Crippen molar-refractivity contribution in [2.24, 2.45) is 5.14 Å². The molecule has 0 atom stereocenters. The van der Waals surface area contributed by atoms with Crippen molar-refractivity contribution in [3.63, 3.8) is 0 Å². The van der Waals surface area contributed by atoms with Crippen LogP contribution in [-0.2, 0) is 16.6 Å². The van der Waals surface area contributed by atoms with Crippen molar-refractivity contribution in [3.05, 3.63) is 47.1 Å². The summed E-state index contributed by atoms with van der Waals surface area (Å²) in [6.45, 7) is 0.144. The molecule has 2 N–H and O–H groups in total. The lowest BCUT2D eigenvalue weighted by Crippen LogP contribution is -2.12. The maximum atomic E-state index is 13.5. The van der Waals surface area contributed by atoms with E-state index in [-0.39, 0.29) is 11.6 Å². The van der Waals surface area contributed by atoms with Crippen molar-refractivity contribution in [1.29, 1.82) is 0 Å². The number of benzene rings is 1. The van der Waals surface area contributed by atoms with Gasteiger partial charge in [-0.1, -0.05) is 17.7 Å². The number of imidazole rings is 1. The second-order valence-corrected chi connectivity index (χ2v) is 5.61. The third kappa shape index (κ3) is 2.87. The van der Waals surface area contributed by atoms with E-state index in [4.69, 9.17) is 16.7 Å². The molecule has 8 heteroatoms. The highest BCUT2D eigenvalue weighted by Gasteiger charge is 2.12. The number of aromatic nitrogens is 2. The van der Waals surface area contributed by atoms with E-state index in [9.17, 15) is 12.8 Å². The largest absolute Gasteiger partial charge is 0.332 e. The van der Waals surface area contributed by atoms with E-state index in [2.05, 4.69) is 4.98 Å². The molecule has 1 aromatic carbocycles. The third-order valence-electron chi connectivity index (χ3n) is 2.27. The molecule has 0 fully saturated rings. The van der Waals surface area contributed by atoms with Gasteiger partial charge in [0.05, 0.1) is 12.9 Å². The summed E-state index contributed by atoms with van der Waals surface area (Å²) in [5.74, 6) is -0.464. The number of halogens is 2. The molecule has 96 valence electrons. The highest BCUT2D eigenvalue weighted by molar-refractivity contribution is 7.89. The summed E-state index contributed by atoms with van der Waals surface area (Å²) in [7, 11) is -3.84. The summed E-state index contributed by atoms with van der Waals surface area (Å²) in [6, 6.07) is 4.26. The number of sulfonamides is 1. The molecule has 1 aromatic heterocycles. The maximum Gasteiger partial charge on any atom is 0.257 e. The number of hydrogen-bond acceptors (Lipinski definition) is 3. The second kappa shape index (κ2) is 4.68. The van der Waals surface area contributed by atoms with E-state index in [1.165, 1.54) is 29.2 Å². The SMILES string of the molecule is NS(=O)(=O)c1cn(Cc2ccc(Cl)cc2F)cn1. The minimum Gasteiger partial charge on any atom is -0.332 e. The van der Waals surface area contributed by atoms with Crippen molar-refractivity contribution in [3.8, 4) is 0 Å². The zero-order valence-corrected chi connectivity index (χ0v) is 10.6. The standard InChI is InChI=1S/C10H9ClFN3O2S/c11-8-2-1-7(9(12)3-8)4-15-5-10(14-6-15)18(13,16)17/h1-3,5-6H,4H2,(H2,13,16,17). The summed E-state index contributed by atoms with van der Waals surface area (Å²) in [6.07, 6.45) is 2.51. The van der Waals surface area contributed by atoms with Crippen LogP contribution in [0.3, 0.4) is 0 Å². The summed E-state index contributed by atoms with van der Waals surface area (Å²) in [5.41, 5.74) is 0.373. The molecule has 0 unspecified atom stereocenters. The van der Waals surface area contributed by atoms with E-state index < -0.39 is 15.8 Å². The Morgan fingerprint density at radius 1 is 1.44 bits per heavy atom. The Morgan fingerprint density at radius 2 is 2.17 bits per heavy atom. The Kier molecular flexibility index (Phi) is 3.38. The zero-order chi connectivity index (χ0) is 13.3. The molecule has 2 aromatic rings. The molecule has 0 bridgehead atoms. The predicted octanol–water partition coefficient (Wildman–Crippen LogP) is 1.37. The molecular formula is C10H9ClFN3O2S.